The smallest absolute Gasteiger partial charge is 0.317 e. The lowest BCUT2D eigenvalue weighted by atomic mass is 9.96. The molecule has 3 rings (SSSR count). The highest BCUT2D eigenvalue weighted by molar-refractivity contribution is 5.79. The predicted octanol–water partition coefficient (Wildman–Crippen LogP) is 3.07. The third kappa shape index (κ3) is 5.85. The number of rotatable bonds is 7. The van der Waals surface area contributed by atoms with Crippen molar-refractivity contribution in [2.45, 2.75) is 83.7 Å². The highest BCUT2D eigenvalue weighted by atomic mass is 16.2. The van der Waals surface area contributed by atoms with Crippen molar-refractivity contribution in [3.63, 3.8) is 0 Å². The Morgan fingerprint density at radius 2 is 1.71 bits per heavy atom. The largest absolute Gasteiger partial charge is 0.338 e. The quantitative estimate of drug-likeness (QED) is 0.724. The average molecular weight is 393 g/mol. The van der Waals surface area contributed by atoms with E-state index in [9.17, 15) is 9.59 Å². The summed E-state index contributed by atoms with van der Waals surface area (Å²) >= 11 is 0. The van der Waals surface area contributed by atoms with Crippen LogP contribution in [0.1, 0.15) is 71.6 Å². The summed E-state index contributed by atoms with van der Waals surface area (Å²) in [6.45, 7) is 9.72. The Hall–Kier alpha value is -1.30. The van der Waals surface area contributed by atoms with Gasteiger partial charge in [-0.3, -0.25) is 4.79 Å². The zero-order valence-electron chi connectivity index (χ0n) is 18.0. The Balaban J connectivity index is 1.49. The summed E-state index contributed by atoms with van der Waals surface area (Å²) in [5, 5.41) is 3.23. The highest BCUT2D eigenvalue weighted by Gasteiger charge is 2.34. The molecule has 2 saturated heterocycles. The van der Waals surface area contributed by atoms with E-state index in [1.807, 2.05) is 18.7 Å². The molecular formula is C22H40N4O2. The first-order valence-corrected chi connectivity index (χ1v) is 11.6. The molecular weight excluding hydrogens is 352 g/mol. The van der Waals surface area contributed by atoms with Crippen LogP contribution in [-0.4, -0.2) is 78.0 Å². The van der Waals surface area contributed by atoms with Crippen molar-refractivity contribution in [2.24, 2.45) is 5.92 Å². The van der Waals surface area contributed by atoms with Gasteiger partial charge in [0.2, 0.25) is 5.91 Å². The van der Waals surface area contributed by atoms with Crippen LogP contribution in [0.3, 0.4) is 0 Å². The third-order valence-electron chi connectivity index (χ3n) is 6.67. The first-order chi connectivity index (χ1) is 13.5. The molecule has 1 saturated carbocycles. The second-order valence-electron chi connectivity index (χ2n) is 9.26. The molecule has 3 aliphatic rings. The summed E-state index contributed by atoms with van der Waals surface area (Å²) in [5.41, 5.74) is 0. The number of carbonyl (C=O) groups excluding carboxylic acids is 2. The summed E-state index contributed by atoms with van der Waals surface area (Å²) in [4.78, 5) is 32.0. The SMILES string of the molecule is CC(C)C(=O)N(CCCN1CCCC1)C1CCN(C(=O)NC2CCCCC2)C1. The van der Waals surface area contributed by atoms with Crippen molar-refractivity contribution < 1.29 is 9.59 Å². The number of nitrogens with one attached hydrogen (secondary N) is 1. The number of nitrogens with zero attached hydrogens (tertiary/aromatic N) is 3. The first-order valence-electron chi connectivity index (χ1n) is 11.6. The maximum absolute atomic E-state index is 12.8. The zero-order valence-corrected chi connectivity index (χ0v) is 18.0. The van der Waals surface area contributed by atoms with E-state index in [0.717, 1.165) is 45.3 Å². The molecule has 3 fully saturated rings. The van der Waals surface area contributed by atoms with Crippen LogP contribution in [0.4, 0.5) is 4.79 Å². The lowest BCUT2D eigenvalue weighted by Crippen LogP contribution is -2.48. The van der Waals surface area contributed by atoms with Crippen LogP contribution in [0.15, 0.2) is 0 Å². The maximum Gasteiger partial charge on any atom is 0.317 e. The molecule has 0 aromatic heterocycles. The van der Waals surface area contributed by atoms with Crippen molar-refractivity contribution in [2.75, 3.05) is 39.3 Å². The van der Waals surface area contributed by atoms with E-state index in [2.05, 4.69) is 15.1 Å². The molecule has 0 spiro atoms. The fraction of sp³-hybridized carbons (Fsp3) is 0.909. The van der Waals surface area contributed by atoms with E-state index in [0.29, 0.717) is 12.6 Å². The normalized spacial score (nSPS) is 24.1. The van der Waals surface area contributed by atoms with E-state index in [4.69, 9.17) is 0 Å². The second-order valence-corrected chi connectivity index (χ2v) is 9.26. The zero-order chi connectivity index (χ0) is 19.9. The van der Waals surface area contributed by atoms with Gasteiger partial charge in [-0.05, 0) is 58.2 Å². The summed E-state index contributed by atoms with van der Waals surface area (Å²) in [5.74, 6) is 0.248. The van der Waals surface area contributed by atoms with Crippen LogP contribution in [0.5, 0.6) is 0 Å². The first kappa shape index (κ1) is 21.4. The van der Waals surface area contributed by atoms with Crippen LogP contribution in [-0.2, 0) is 4.79 Å². The van der Waals surface area contributed by atoms with Crippen molar-refractivity contribution in [1.29, 1.82) is 0 Å². The van der Waals surface area contributed by atoms with E-state index in [-0.39, 0.29) is 23.9 Å². The standard InChI is InChI=1S/C22H40N4O2/c1-18(2)21(27)26(15-8-14-24-12-6-7-13-24)20-11-16-25(17-20)22(28)23-19-9-4-3-5-10-19/h18-20H,3-17H2,1-2H3,(H,23,28). The molecule has 160 valence electrons. The monoisotopic (exact) mass is 392 g/mol. The van der Waals surface area contributed by atoms with Crippen LogP contribution >= 0.6 is 0 Å². The minimum atomic E-state index is 0.0110. The van der Waals surface area contributed by atoms with E-state index < -0.39 is 0 Å². The van der Waals surface area contributed by atoms with Crippen molar-refractivity contribution in [3.8, 4) is 0 Å². The number of urea groups is 1. The molecule has 3 amide bonds. The summed E-state index contributed by atoms with van der Waals surface area (Å²) in [6.07, 6.45) is 10.5. The number of hydrogen-bond acceptors (Lipinski definition) is 3. The Labute approximate surface area is 171 Å². The van der Waals surface area contributed by atoms with Crippen LogP contribution in [0, 0.1) is 5.92 Å². The molecule has 2 aliphatic heterocycles. The van der Waals surface area contributed by atoms with Gasteiger partial charge in [0.05, 0.1) is 6.04 Å². The maximum atomic E-state index is 12.8. The fourth-order valence-corrected chi connectivity index (χ4v) is 4.97. The Kier molecular flexibility index (Phi) is 8.00. The Bertz CT molecular complexity index is 513. The minimum Gasteiger partial charge on any atom is -0.338 e. The molecule has 0 aromatic carbocycles. The van der Waals surface area contributed by atoms with Gasteiger partial charge in [0, 0.05) is 31.6 Å². The number of amides is 3. The minimum absolute atomic E-state index is 0.0110. The highest BCUT2D eigenvalue weighted by Crippen LogP contribution is 2.21. The lowest BCUT2D eigenvalue weighted by Gasteiger charge is -2.32. The molecule has 0 bridgehead atoms. The molecule has 6 nitrogen and oxygen atoms in total. The number of likely N-dealkylation sites (tertiary alicyclic amines) is 2. The topological polar surface area (TPSA) is 55.9 Å². The lowest BCUT2D eigenvalue weighted by molar-refractivity contribution is -0.136. The predicted molar refractivity (Wildman–Crippen MR) is 112 cm³/mol. The Morgan fingerprint density at radius 3 is 2.39 bits per heavy atom. The molecule has 1 unspecified atom stereocenters. The molecule has 6 heteroatoms. The van der Waals surface area contributed by atoms with E-state index in [1.54, 1.807) is 0 Å². The van der Waals surface area contributed by atoms with Gasteiger partial charge in [0.15, 0.2) is 0 Å². The van der Waals surface area contributed by atoms with Gasteiger partial charge in [0.1, 0.15) is 0 Å². The molecule has 0 radical (unpaired) electrons. The number of carbonyl (C=O) groups is 2. The van der Waals surface area contributed by atoms with Crippen LogP contribution in [0.2, 0.25) is 0 Å². The van der Waals surface area contributed by atoms with Crippen LogP contribution in [0.25, 0.3) is 0 Å². The third-order valence-corrected chi connectivity index (χ3v) is 6.67. The van der Waals surface area contributed by atoms with Gasteiger partial charge in [-0.1, -0.05) is 33.1 Å². The van der Waals surface area contributed by atoms with Gasteiger partial charge >= 0.3 is 6.03 Å². The second kappa shape index (κ2) is 10.5. The van der Waals surface area contributed by atoms with Gasteiger partial charge in [0.25, 0.3) is 0 Å². The molecule has 1 atom stereocenters. The van der Waals surface area contributed by atoms with Gasteiger partial charge in [-0.25, -0.2) is 4.79 Å². The number of hydrogen-bond donors (Lipinski definition) is 1. The van der Waals surface area contributed by atoms with Crippen molar-refractivity contribution >= 4 is 11.9 Å². The van der Waals surface area contributed by atoms with E-state index >= 15 is 0 Å². The van der Waals surface area contributed by atoms with Gasteiger partial charge in [-0.2, -0.15) is 0 Å². The Morgan fingerprint density at radius 1 is 1.00 bits per heavy atom. The molecule has 2 heterocycles. The summed E-state index contributed by atoms with van der Waals surface area (Å²) < 4.78 is 0. The van der Waals surface area contributed by atoms with Gasteiger partial charge in [-0.15, -0.1) is 0 Å². The molecule has 1 N–H and O–H groups in total. The van der Waals surface area contributed by atoms with Crippen molar-refractivity contribution in [3.05, 3.63) is 0 Å². The average Bonchev–Trinajstić information content (AvgIpc) is 3.37. The van der Waals surface area contributed by atoms with E-state index in [1.165, 1.54) is 45.2 Å². The molecule has 28 heavy (non-hydrogen) atoms. The summed E-state index contributed by atoms with van der Waals surface area (Å²) in [6, 6.07) is 0.586. The van der Waals surface area contributed by atoms with Crippen LogP contribution < -0.4 is 5.32 Å². The van der Waals surface area contributed by atoms with Gasteiger partial charge < -0.3 is 20.0 Å². The summed E-state index contributed by atoms with van der Waals surface area (Å²) in [7, 11) is 0. The fourth-order valence-electron chi connectivity index (χ4n) is 4.97. The van der Waals surface area contributed by atoms with Crippen molar-refractivity contribution in [1.82, 2.24) is 20.0 Å². The molecule has 0 aromatic rings. The molecule has 1 aliphatic carbocycles.